The molecule has 0 saturated heterocycles. The van der Waals surface area contributed by atoms with Gasteiger partial charge < -0.3 is 4.98 Å². The molecule has 0 saturated carbocycles. The minimum atomic E-state index is -3.64. The van der Waals surface area contributed by atoms with Crippen molar-refractivity contribution in [1.29, 1.82) is 0 Å². The number of fused-ring (bicyclic) bond motifs is 2. The van der Waals surface area contributed by atoms with Crippen molar-refractivity contribution in [3.63, 3.8) is 0 Å². The third-order valence-electron chi connectivity index (χ3n) is 4.17. The van der Waals surface area contributed by atoms with E-state index in [1.165, 1.54) is 10.6 Å². The Hall–Kier alpha value is -2.29. The first-order valence-corrected chi connectivity index (χ1v) is 8.71. The highest BCUT2D eigenvalue weighted by atomic mass is 32.2. The molecule has 3 N–H and O–H groups in total. The quantitative estimate of drug-likeness (QED) is 0.736. The minimum Gasteiger partial charge on any atom is -0.346 e. The molecule has 0 radical (unpaired) electrons. The highest BCUT2D eigenvalue weighted by Gasteiger charge is 2.24. The Kier molecular flexibility index (Phi) is 3.19. The Labute approximate surface area is 133 Å². The number of hydrogen-bond donors (Lipinski definition) is 2. The fourth-order valence-electron chi connectivity index (χ4n) is 2.99. The van der Waals surface area contributed by atoms with Crippen molar-refractivity contribution < 1.29 is 8.42 Å². The second-order valence-electron chi connectivity index (χ2n) is 5.57. The maximum absolute atomic E-state index is 11.5. The summed E-state index contributed by atoms with van der Waals surface area (Å²) in [6.45, 7) is 0.719. The van der Waals surface area contributed by atoms with Gasteiger partial charge in [-0.05, 0) is 29.7 Å². The Morgan fingerprint density at radius 3 is 2.87 bits per heavy atom. The first kappa shape index (κ1) is 14.3. The van der Waals surface area contributed by atoms with Gasteiger partial charge in [-0.1, -0.05) is 12.1 Å². The van der Waals surface area contributed by atoms with E-state index < -0.39 is 10.2 Å². The molecule has 0 bridgehead atoms. The van der Waals surface area contributed by atoms with E-state index in [0.717, 1.165) is 33.4 Å². The van der Waals surface area contributed by atoms with Gasteiger partial charge >= 0.3 is 0 Å². The van der Waals surface area contributed by atoms with Gasteiger partial charge in [-0.25, -0.2) is 15.1 Å². The molecule has 8 heteroatoms. The summed E-state index contributed by atoms with van der Waals surface area (Å²) in [6, 6.07) is 7.93. The lowest BCUT2D eigenvalue weighted by molar-refractivity contribution is 0.392. The van der Waals surface area contributed by atoms with Crippen molar-refractivity contribution in [3.8, 4) is 11.3 Å². The molecule has 7 nitrogen and oxygen atoms in total. The fourth-order valence-corrected chi connectivity index (χ4v) is 3.66. The number of rotatable bonds is 2. The van der Waals surface area contributed by atoms with Crippen LogP contribution in [0.5, 0.6) is 0 Å². The molecule has 0 spiro atoms. The molecule has 1 aromatic carbocycles. The summed E-state index contributed by atoms with van der Waals surface area (Å²) < 4.78 is 24.3. The molecule has 0 atom stereocenters. The zero-order valence-corrected chi connectivity index (χ0v) is 13.0. The van der Waals surface area contributed by atoms with Gasteiger partial charge in [0.25, 0.3) is 10.2 Å². The summed E-state index contributed by atoms with van der Waals surface area (Å²) in [6.07, 6.45) is 4.02. The lowest BCUT2D eigenvalue weighted by atomic mass is 9.96. The van der Waals surface area contributed by atoms with E-state index >= 15 is 0 Å². The van der Waals surface area contributed by atoms with Gasteiger partial charge in [0.1, 0.15) is 12.0 Å². The number of nitrogens with one attached hydrogen (secondary N) is 1. The van der Waals surface area contributed by atoms with Crippen LogP contribution in [0.1, 0.15) is 11.1 Å². The number of aromatic amines is 1. The van der Waals surface area contributed by atoms with E-state index in [1.54, 1.807) is 0 Å². The summed E-state index contributed by atoms with van der Waals surface area (Å²) in [5.74, 6) is 0. The number of H-pyrrole nitrogens is 1. The van der Waals surface area contributed by atoms with Crippen LogP contribution < -0.4 is 5.14 Å². The van der Waals surface area contributed by atoms with E-state index in [1.807, 2.05) is 24.4 Å². The van der Waals surface area contributed by atoms with Crippen LogP contribution in [0.15, 0.2) is 36.8 Å². The number of nitrogens with zero attached hydrogens (tertiary/aromatic N) is 3. The fraction of sp³-hybridized carbons (Fsp3) is 0.200. The molecule has 3 aromatic rings. The highest BCUT2D eigenvalue weighted by Crippen LogP contribution is 2.29. The van der Waals surface area contributed by atoms with Gasteiger partial charge in [0.2, 0.25) is 0 Å². The van der Waals surface area contributed by atoms with Crippen molar-refractivity contribution in [2.75, 3.05) is 6.54 Å². The first-order valence-electron chi connectivity index (χ1n) is 7.20. The van der Waals surface area contributed by atoms with Crippen LogP contribution in [-0.2, 0) is 23.2 Å². The molecular formula is C15H15N5O2S. The molecule has 1 aliphatic rings. The largest absolute Gasteiger partial charge is 0.346 e. The van der Waals surface area contributed by atoms with Crippen molar-refractivity contribution >= 4 is 21.2 Å². The zero-order valence-electron chi connectivity index (χ0n) is 12.2. The molecule has 0 unspecified atom stereocenters. The van der Waals surface area contributed by atoms with Gasteiger partial charge in [-0.3, -0.25) is 0 Å². The summed E-state index contributed by atoms with van der Waals surface area (Å²) in [5, 5.41) is 6.18. The number of benzene rings is 1. The predicted molar refractivity (Wildman–Crippen MR) is 86.5 cm³/mol. The molecule has 1 aliphatic heterocycles. The predicted octanol–water partition coefficient (Wildman–Crippen LogP) is 1.19. The molecule has 0 amide bonds. The molecule has 0 fully saturated rings. The summed E-state index contributed by atoms with van der Waals surface area (Å²) in [4.78, 5) is 11.7. The maximum Gasteiger partial charge on any atom is 0.277 e. The van der Waals surface area contributed by atoms with E-state index in [0.29, 0.717) is 19.5 Å². The first-order chi connectivity index (χ1) is 11.0. The third-order valence-corrected chi connectivity index (χ3v) is 5.20. The Morgan fingerprint density at radius 1 is 1.17 bits per heavy atom. The van der Waals surface area contributed by atoms with Gasteiger partial charge in [-0.15, -0.1) is 0 Å². The lowest BCUT2D eigenvalue weighted by Crippen LogP contribution is -2.40. The van der Waals surface area contributed by atoms with Crippen molar-refractivity contribution in [1.82, 2.24) is 19.3 Å². The SMILES string of the molecule is NS(=O)(=O)N1CCc2cc(-c3ncnc4[nH]ccc34)ccc2C1. The lowest BCUT2D eigenvalue weighted by Gasteiger charge is -2.26. The van der Waals surface area contributed by atoms with Crippen LogP contribution in [-0.4, -0.2) is 34.2 Å². The molecule has 118 valence electrons. The molecular weight excluding hydrogens is 314 g/mol. The van der Waals surface area contributed by atoms with Gasteiger partial charge in [-0.2, -0.15) is 12.7 Å². The van der Waals surface area contributed by atoms with E-state index in [9.17, 15) is 8.42 Å². The summed E-state index contributed by atoms with van der Waals surface area (Å²) in [5.41, 5.74) is 4.78. The molecule has 0 aliphatic carbocycles. The number of hydrogen-bond acceptors (Lipinski definition) is 4. The number of nitrogens with two attached hydrogens (primary N) is 1. The maximum atomic E-state index is 11.5. The number of aromatic nitrogens is 3. The molecule has 2 aromatic heterocycles. The van der Waals surface area contributed by atoms with Gasteiger partial charge in [0.15, 0.2) is 0 Å². The average Bonchev–Trinajstić information content (AvgIpc) is 3.01. The van der Waals surface area contributed by atoms with Gasteiger partial charge in [0.05, 0.1) is 5.69 Å². The normalized spacial score (nSPS) is 15.7. The Balaban J connectivity index is 1.76. The third kappa shape index (κ3) is 2.50. The van der Waals surface area contributed by atoms with E-state index in [-0.39, 0.29) is 0 Å². The second-order valence-corrected chi connectivity index (χ2v) is 7.12. The monoisotopic (exact) mass is 329 g/mol. The van der Waals surface area contributed by atoms with Crippen molar-refractivity contribution in [2.45, 2.75) is 13.0 Å². The van der Waals surface area contributed by atoms with Crippen LogP contribution in [0.3, 0.4) is 0 Å². The smallest absolute Gasteiger partial charge is 0.277 e. The van der Waals surface area contributed by atoms with E-state index in [2.05, 4.69) is 21.0 Å². The average molecular weight is 329 g/mol. The van der Waals surface area contributed by atoms with Crippen molar-refractivity contribution in [3.05, 3.63) is 47.9 Å². The Bertz CT molecular complexity index is 996. The molecule has 4 rings (SSSR count). The standard InChI is InChI=1S/C15H15N5O2S/c16-23(21,22)20-6-4-10-7-11(1-2-12(10)8-20)14-13-3-5-17-15(13)19-9-18-14/h1-3,5,7,9H,4,6,8H2,(H2,16,21,22)(H,17,18,19). The highest BCUT2D eigenvalue weighted by molar-refractivity contribution is 7.86. The van der Waals surface area contributed by atoms with E-state index in [4.69, 9.17) is 5.14 Å². The second kappa shape index (κ2) is 5.12. The molecule has 23 heavy (non-hydrogen) atoms. The van der Waals surface area contributed by atoms with Gasteiger partial charge in [0, 0.05) is 30.2 Å². The van der Waals surface area contributed by atoms with Crippen LogP contribution in [0, 0.1) is 0 Å². The van der Waals surface area contributed by atoms with Crippen LogP contribution in [0.2, 0.25) is 0 Å². The molecule has 3 heterocycles. The minimum absolute atomic E-state index is 0.317. The topological polar surface area (TPSA) is 105 Å². The Morgan fingerprint density at radius 2 is 2.04 bits per heavy atom. The van der Waals surface area contributed by atoms with Crippen LogP contribution in [0.25, 0.3) is 22.3 Å². The zero-order chi connectivity index (χ0) is 16.0. The van der Waals surface area contributed by atoms with Crippen molar-refractivity contribution in [2.24, 2.45) is 5.14 Å². The summed E-state index contributed by atoms with van der Waals surface area (Å²) in [7, 11) is -3.64. The summed E-state index contributed by atoms with van der Waals surface area (Å²) >= 11 is 0. The van der Waals surface area contributed by atoms with Crippen LogP contribution >= 0.6 is 0 Å². The van der Waals surface area contributed by atoms with Crippen LogP contribution in [0.4, 0.5) is 0 Å².